The molecule has 0 aromatic heterocycles. The highest BCUT2D eigenvalue weighted by atomic mass is 32.2. The van der Waals surface area contributed by atoms with Crippen molar-refractivity contribution >= 4 is 16.2 Å². The maximum absolute atomic E-state index is 12.0. The Kier molecular flexibility index (Phi) is 4.97. The molecule has 6 nitrogen and oxygen atoms in total. The molecule has 0 bridgehead atoms. The van der Waals surface area contributed by atoms with Crippen LogP contribution in [0.1, 0.15) is 47.5 Å². The summed E-state index contributed by atoms with van der Waals surface area (Å²) in [6.45, 7) is 8.79. The number of ether oxygens (including phenoxy) is 1. The van der Waals surface area contributed by atoms with E-state index in [1.165, 1.54) is 0 Å². The fraction of sp³-hybridized carbons (Fsp3) is 0.917. The van der Waals surface area contributed by atoms with Crippen molar-refractivity contribution in [3.63, 3.8) is 0 Å². The summed E-state index contributed by atoms with van der Waals surface area (Å²) in [5, 5.41) is 0. The molecule has 0 spiro atoms. The van der Waals surface area contributed by atoms with Crippen molar-refractivity contribution in [1.82, 2.24) is 9.44 Å². The van der Waals surface area contributed by atoms with E-state index in [4.69, 9.17) is 4.74 Å². The molecule has 0 aromatic rings. The molecule has 7 heteroatoms. The van der Waals surface area contributed by atoms with E-state index in [9.17, 15) is 13.2 Å². The molecule has 0 radical (unpaired) electrons. The first-order valence-corrected chi connectivity index (χ1v) is 8.01. The van der Waals surface area contributed by atoms with Gasteiger partial charge in [0.2, 0.25) is 0 Å². The summed E-state index contributed by atoms with van der Waals surface area (Å²) in [5.74, 6) is -0.741. The highest BCUT2D eigenvalue weighted by Gasteiger charge is 2.34. The molecule has 19 heavy (non-hydrogen) atoms. The molecule has 0 aliphatic heterocycles. The van der Waals surface area contributed by atoms with Crippen LogP contribution in [-0.2, 0) is 19.7 Å². The van der Waals surface area contributed by atoms with Gasteiger partial charge in [0, 0.05) is 6.04 Å². The minimum atomic E-state index is -3.66. The zero-order valence-electron chi connectivity index (χ0n) is 12.2. The lowest BCUT2D eigenvalue weighted by Gasteiger charge is -2.26. The zero-order valence-corrected chi connectivity index (χ0v) is 13.0. The number of carbonyl (C=O) groups is 1. The Bertz CT molecular complexity index is 422. The van der Waals surface area contributed by atoms with Crippen molar-refractivity contribution in [2.45, 2.75) is 65.1 Å². The zero-order chi connectivity index (χ0) is 14.8. The highest BCUT2D eigenvalue weighted by Crippen LogP contribution is 2.20. The van der Waals surface area contributed by atoms with Crippen LogP contribution < -0.4 is 9.44 Å². The maximum Gasteiger partial charge on any atom is 0.325 e. The smallest absolute Gasteiger partial charge is 0.325 e. The second-order valence-corrected chi connectivity index (χ2v) is 7.75. The molecular weight excluding hydrogens is 268 g/mol. The van der Waals surface area contributed by atoms with Crippen LogP contribution >= 0.6 is 0 Å². The predicted octanol–water partition coefficient (Wildman–Crippen LogP) is 0.939. The number of esters is 1. The van der Waals surface area contributed by atoms with Gasteiger partial charge < -0.3 is 4.74 Å². The van der Waals surface area contributed by atoms with Gasteiger partial charge in [0.15, 0.2) is 0 Å². The van der Waals surface area contributed by atoms with Crippen LogP contribution in [0.3, 0.4) is 0 Å². The summed E-state index contributed by atoms with van der Waals surface area (Å²) in [6, 6.07) is -0.876. The van der Waals surface area contributed by atoms with Gasteiger partial charge in [-0.1, -0.05) is 13.8 Å². The van der Waals surface area contributed by atoms with Gasteiger partial charge in [-0.15, -0.1) is 0 Å². The molecule has 1 saturated carbocycles. The van der Waals surface area contributed by atoms with Crippen molar-refractivity contribution in [3.8, 4) is 0 Å². The fourth-order valence-corrected chi connectivity index (χ4v) is 2.89. The van der Waals surface area contributed by atoms with Gasteiger partial charge in [0.05, 0.1) is 0 Å². The fourth-order valence-electron chi connectivity index (χ4n) is 1.44. The first-order chi connectivity index (χ1) is 8.50. The summed E-state index contributed by atoms with van der Waals surface area (Å²) >= 11 is 0. The Morgan fingerprint density at radius 1 is 1.26 bits per heavy atom. The topological polar surface area (TPSA) is 84.5 Å². The van der Waals surface area contributed by atoms with Crippen LogP contribution in [0, 0.1) is 5.92 Å². The molecule has 1 aliphatic carbocycles. The van der Waals surface area contributed by atoms with Crippen LogP contribution in [-0.4, -0.2) is 32.1 Å². The third kappa shape index (κ3) is 6.35. The molecule has 1 aliphatic rings. The minimum Gasteiger partial charge on any atom is -0.459 e. The summed E-state index contributed by atoms with van der Waals surface area (Å²) in [4.78, 5) is 12.0. The van der Waals surface area contributed by atoms with Gasteiger partial charge in [0.25, 0.3) is 10.2 Å². The lowest BCUT2D eigenvalue weighted by molar-refractivity contribution is -0.158. The van der Waals surface area contributed by atoms with E-state index >= 15 is 0 Å². The van der Waals surface area contributed by atoms with Crippen LogP contribution in [0.15, 0.2) is 0 Å². The third-order valence-corrected chi connectivity index (χ3v) is 3.72. The first-order valence-electron chi connectivity index (χ1n) is 6.52. The Balaban J connectivity index is 2.69. The van der Waals surface area contributed by atoms with Crippen molar-refractivity contribution in [1.29, 1.82) is 0 Å². The van der Waals surface area contributed by atoms with Crippen molar-refractivity contribution < 1.29 is 17.9 Å². The quantitative estimate of drug-likeness (QED) is 0.714. The van der Waals surface area contributed by atoms with Crippen molar-refractivity contribution in [2.75, 3.05) is 0 Å². The molecule has 1 atom stereocenters. The molecule has 0 unspecified atom stereocenters. The lowest BCUT2D eigenvalue weighted by Crippen LogP contribution is -2.51. The average Bonchev–Trinajstić information content (AvgIpc) is 2.93. The van der Waals surface area contributed by atoms with E-state index in [0.29, 0.717) is 0 Å². The van der Waals surface area contributed by atoms with Crippen molar-refractivity contribution in [3.05, 3.63) is 0 Å². The molecule has 1 rings (SSSR count). The largest absolute Gasteiger partial charge is 0.459 e. The normalized spacial score (nSPS) is 18.4. The van der Waals surface area contributed by atoms with Crippen LogP contribution in [0.5, 0.6) is 0 Å². The molecule has 112 valence electrons. The Labute approximate surface area is 115 Å². The monoisotopic (exact) mass is 292 g/mol. The van der Waals surface area contributed by atoms with E-state index in [-0.39, 0.29) is 12.0 Å². The lowest BCUT2D eigenvalue weighted by atomic mass is 10.1. The molecule has 0 aromatic carbocycles. The minimum absolute atomic E-state index is 0.00366. The van der Waals surface area contributed by atoms with Gasteiger partial charge in [-0.3, -0.25) is 4.79 Å². The number of hydrogen-bond acceptors (Lipinski definition) is 4. The van der Waals surface area contributed by atoms with Crippen molar-refractivity contribution in [2.24, 2.45) is 5.92 Å². The Morgan fingerprint density at radius 3 is 2.16 bits per heavy atom. The van der Waals surface area contributed by atoms with Crippen LogP contribution in [0.4, 0.5) is 0 Å². The summed E-state index contributed by atoms with van der Waals surface area (Å²) in [5.41, 5.74) is -0.639. The number of hydrogen-bond donors (Lipinski definition) is 2. The van der Waals surface area contributed by atoms with Gasteiger partial charge in [-0.05, 0) is 39.5 Å². The second kappa shape index (κ2) is 5.76. The van der Waals surface area contributed by atoms with E-state index < -0.39 is 27.8 Å². The molecule has 1 fully saturated rings. The SMILES string of the molecule is CC(C)[C@@H](NS(=O)(=O)NC1CC1)C(=O)OC(C)(C)C. The van der Waals surface area contributed by atoms with Crippen LogP contribution in [0.25, 0.3) is 0 Å². The third-order valence-electron chi connectivity index (χ3n) is 2.51. The summed E-state index contributed by atoms with van der Waals surface area (Å²) in [6.07, 6.45) is 1.69. The Hall–Kier alpha value is -0.660. The number of rotatable bonds is 6. The second-order valence-electron chi connectivity index (χ2n) is 6.27. The van der Waals surface area contributed by atoms with Gasteiger partial charge in [-0.2, -0.15) is 17.9 Å². The predicted molar refractivity (Wildman–Crippen MR) is 72.7 cm³/mol. The van der Waals surface area contributed by atoms with Gasteiger partial charge >= 0.3 is 5.97 Å². The molecular formula is C12H24N2O4S. The maximum atomic E-state index is 12.0. The van der Waals surface area contributed by atoms with E-state index in [1.54, 1.807) is 34.6 Å². The summed E-state index contributed by atoms with van der Waals surface area (Å²) in [7, 11) is -3.66. The van der Waals surface area contributed by atoms with Gasteiger partial charge in [-0.25, -0.2) is 0 Å². The number of carbonyl (C=O) groups excluding carboxylic acids is 1. The highest BCUT2D eigenvalue weighted by molar-refractivity contribution is 7.87. The molecule has 2 N–H and O–H groups in total. The molecule has 0 amide bonds. The van der Waals surface area contributed by atoms with E-state index in [1.807, 2.05) is 0 Å². The summed E-state index contributed by atoms with van der Waals surface area (Å²) < 4.78 is 33.8. The Morgan fingerprint density at radius 2 is 1.79 bits per heavy atom. The molecule has 0 saturated heterocycles. The van der Waals surface area contributed by atoms with E-state index in [2.05, 4.69) is 9.44 Å². The average molecular weight is 292 g/mol. The standard InChI is InChI=1S/C12H24N2O4S/c1-8(2)10(11(15)18-12(3,4)5)14-19(16,17)13-9-6-7-9/h8-10,13-14H,6-7H2,1-5H3/t10-/m1/s1. The molecule has 0 heterocycles. The van der Waals surface area contributed by atoms with E-state index in [0.717, 1.165) is 12.8 Å². The van der Waals surface area contributed by atoms with Crippen LogP contribution in [0.2, 0.25) is 0 Å². The first kappa shape index (κ1) is 16.4. The van der Waals surface area contributed by atoms with Gasteiger partial charge in [0.1, 0.15) is 11.6 Å². The number of nitrogens with one attached hydrogen (secondary N) is 2.